The summed E-state index contributed by atoms with van der Waals surface area (Å²) in [6.45, 7) is 4.42. The van der Waals surface area contributed by atoms with Crippen LogP contribution in [0.5, 0.6) is 0 Å². The average Bonchev–Trinajstić information content (AvgIpc) is 3.03. The van der Waals surface area contributed by atoms with Gasteiger partial charge in [-0.15, -0.1) is 24.8 Å². The molecule has 0 radical (unpaired) electrons. The van der Waals surface area contributed by atoms with E-state index >= 15 is 0 Å². The molecule has 0 aliphatic rings. The molecule has 0 aliphatic carbocycles. The first-order valence-electron chi connectivity index (χ1n) is 7.02. The smallest absolute Gasteiger partial charge is 0.273 e. The van der Waals surface area contributed by atoms with Gasteiger partial charge < -0.3 is 15.6 Å². The Morgan fingerprint density at radius 1 is 1.35 bits per heavy atom. The monoisotopic (exact) mass is 360 g/mol. The van der Waals surface area contributed by atoms with Gasteiger partial charge in [0, 0.05) is 36.1 Å². The van der Waals surface area contributed by atoms with E-state index in [0.29, 0.717) is 12.3 Å². The zero-order chi connectivity index (χ0) is 15.3. The highest BCUT2D eigenvalue weighted by atomic mass is 35.5. The van der Waals surface area contributed by atoms with E-state index in [1.807, 2.05) is 19.9 Å². The molecule has 0 aliphatic heterocycles. The van der Waals surface area contributed by atoms with Gasteiger partial charge in [0.15, 0.2) is 11.5 Å². The number of carbonyl (C=O) groups is 1. The van der Waals surface area contributed by atoms with Gasteiger partial charge in [0.2, 0.25) is 0 Å². The number of pyridine rings is 1. The van der Waals surface area contributed by atoms with Gasteiger partial charge in [-0.3, -0.25) is 9.78 Å². The molecule has 1 amide bonds. The number of nitrogens with two attached hydrogens (primary N) is 1. The number of nitrogens with zero attached hydrogens (tertiary/aromatic N) is 2. The fraction of sp³-hybridized carbons (Fsp3) is 0.400. The predicted octanol–water partition coefficient (Wildman–Crippen LogP) is 2.83. The van der Waals surface area contributed by atoms with Crippen molar-refractivity contribution in [3.8, 4) is 11.3 Å². The van der Waals surface area contributed by atoms with Crippen molar-refractivity contribution in [1.82, 2.24) is 15.5 Å². The van der Waals surface area contributed by atoms with Gasteiger partial charge in [-0.2, -0.15) is 0 Å². The van der Waals surface area contributed by atoms with Crippen molar-refractivity contribution in [1.29, 1.82) is 0 Å². The number of carbonyl (C=O) groups excluding carboxylic acids is 1. The third-order valence-corrected chi connectivity index (χ3v) is 3.70. The molecule has 0 aromatic carbocycles. The molecule has 2 heterocycles. The summed E-state index contributed by atoms with van der Waals surface area (Å²) in [6, 6.07) is 5.24. The lowest BCUT2D eigenvalue weighted by atomic mass is 9.94. The van der Waals surface area contributed by atoms with E-state index in [1.54, 1.807) is 24.5 Å². The number of aromatic nitrogens is 2. The third-order valence-electron chi connectivity index (χ3n) is 3.70. The van der Waals surface area contributed by atoms with E-state index in [1.165, 1.54) is 0 Å². The van der Waals surface area contributed by atoms with Crippen LogP contribution >= 0.6 is 24.8 Å². The number of nitrogens with one attached hydrogen (secondary N) is 1. The fourth-order valence-corrected chi connectivity index (χ4v) is 1.87. The molecule has 2 rings (SSSR count). The molecule has 6 nitrogen and oxygen atoms in total. The topological polar surface area (TPSA) is 94.0 Å². The number of rotatable bonds is 6. The second kappa shape index (κ2) is 9.50. The number of halogens is 2. The highest BCUT2D eigenvalue weighted by Crippen LogP contribution is 2.19. The van der Waals surface area contributed by atoms with Crippen molar-refractivity contribution in [2.24, 2.45) is 5.73 Å². The Balaban J connectivity index is 0.00000242. The van der Waals surface area contributed by atoms with E-state index in [9.17, 15) is 4.79 Å². The molecule has 128 valence electrons. The van der Waals surface area contributed by atoms with Gasteiger partial charge >= 0.3 is 0 Å². The Bertz CT molecular complexity index is 601. The SMILES string of the molecule is CCC(N)(CC)CNC(=O)c1cc(-c2cccnc2)on1.Cl.Cl. The molecule has 0 spiro atoms. The maximum Gasteiger partial charge on any atom is 0.273 e. The van der Waals surface area contributed by atoms with Gasteiger partial charge in [0.25, 0.3) is 5.91 Å². The molecule has 0 unspecified atom stereocenters. The largest absolute Gasteiger partial charge is 0.355 e. The summed E-state index contributed by atoms with van der Waals surface area (Å²) >= 11 is 0. The molecule has 0 bridgehead atoms. The summed E-state index contributed by atoms with van der Waals surface area (Å²) < 4.78 is 5.17. The van der Waals surface area contributed by atoms with Crippen LogP contribution in [0.2, 0.25) is 0 Å². The minimum Gasteiger partial charge on any atom is -0.355 e. The van der Waals surface area contributed by atoms with Gasteiger partial charge in [0.1, 0.15) is 0 Å². The second-order valence-electron chi connectivity index (χ2n) is 5.07. The molecule has 3 N–H and O–H groups in total. The first-order chi connectivity index (χ1) is 10.1. The summed E-state index contributed by atoms with van der Waals surface area (Å²) in [6.07, 6.45) is 4.91. The van der Waals surface area contributed by atoms with Crippen molar-refractivity contribution in [2.75, 3.05) is 6.54 Å². The molecular weight excluding hydrogens is 339 g/mol. The lowest BCUT2D eigenvalue weighted by molar-refractivity contribution is 0.0933. The first kappa shape index (κ1) is 21.4. The van der Waals surface area contributed by atoms with Crippen molar-refractivity contribution in [2.45, 2.75) is 32.2 Å². The second-order valence-corrected chi connectivity index (χ2v) is 5.07. The predicted molar refractivity (Wildman–Crippen MR) is 94.1 cm³/mol. The first-order valence-corrected chi connectivity index (χ1v) is 7.02. The summed E-state index contributed by atoms with van der Waals surface area (Å²) in [5.74, 6) is 0.226. The van der Waals surface area contributed by atoms with Crippen molar-refractivity contribution >= 4 is 30.7 Å². The molecule has 0 saturated heterocycles. The molecule has 0 atom stereocenters. The van der Waals surface area contributed by atoms with Crippen LogP contribution in [0.25, 0.3) is 11.3 Å². The van der Waals surface area contributed by atoms with E-state index < -0.39 is 0 Å². The normalized spacial score (nSPS) is 10.4. The number of hydrogen-bond donors (Lipinski definition) is 2. The molecule has 23 heavy (non-hydrogen) atoms. The summed E-state index contributed by atoms with van der Waals surface area (Å²) in [4.78, 5) is 16.1. The quantitative estimate of drug-likeness (QED) is 0.825. The van der Waals surface area contributed by atoms with Crippen molar-refractivity contribution in [3.63, 3.8) is 0 Å². The van der Waals surface area contributed by atoms with Crippen LogP contribution in [0.3, 0.4) is 0 Å². The third kappa shape index (κ3) is 5.49. The Kier molecular flexibility index (Phi) is 8.82. The Hall–Kier alpha value is -1.63. The number of amides is 1. The Morgan fingerprint density at radius 2 is 2.04 bits per heavy atom. The Morgan fingerprint density at radius 3 is 2.61 bits per heavy atom. The van der Waals surface area contributed by atoms with Crippen molar-refractivity contribution < 1.29 is 9.32 Å². The molecule has 8 heteroatoms. The van der Waals surface area contributed by atoms with Gasteiger partial charge in [-0.1, -0.05) is 19.0 Å². The van der Waals surface area contributed by atoms with Crippen LogP contribution in [-0.2, 0) is 0 Å². The van der Waals surface area contributed by atoms with E-state index in [-0.39, 0.29) is 42.0 Å². The van der Waals surface area contributed by atoms with Gasteiger partial charge in [0.05, 0.1) is 0 Å². The van der Waals surface area contributed by atoms with Crippen LogP contribution in [0.15, 0.2) is 35.1 Å². The lowest BCUT2D eigenvalue weighted by Gasteiger charge is -2.26. The molecule has 2 aromatic rings. The van der Waals surface area contributed by atoms with Gasteiger partial charge in [-0.25, -0.2) is 0 Å². The maximum atomic E-state index is 12.1. The standard InChI is InChI=1S/C15H20N4O2.2ClH/c1-3-15(16,4-2)10-18-14(20)12-8-13(21-19-12)11-6-5-7-17-9-11;;/h5-9H,3-4,10,16H2,1-2H3,(H,18,20);2*1H. The van der Waals surface area contributed by atoms with Crippen LogP contribution in [-0.4, -0.2) is 28.1 Å². The highest BCUT2D eigenvalue weighted by molar-refractivity contribution is 5.93. The minimum atomic E-state index is -0.383. The summed E-state index contributed by atoms with van der Waals surface area (Å²) in [5, 5.41) is 6.59. The average molecular weight is 361 g/mol. The fourth-order valence-electron chi connectivity index (χ4n) is 1.87. The maximum absolute atomic E-state index is 12.1. The number of hydrogen-bond acceptors (Lipinski definition) is 5. The zero-order valence-corrected chi connectivity index (χ0v) is 14.7. The Labute approximate surface area is 148 Å². The van der Waals surface area contributed by atoms with Crippen LogP contribution < -0.4 is 11.1 Å². The molecule has 0 fully saturated rings. The van der Waals surface area contributed by atoms with E-state index in [0.717, 1.165) is 18.4 Å². The van der Waals surface area contributed by atoms with Crippen LogP contribution in [0.4, 0.5) is 0 Å². The van der Waals surface area contributed by atoms with E-state index in [4.69, 9.17) is 10.3 Å². The minimum absolute atomic E-state index is 0. The lowest BCUT2D eigenvalue weighted by Crippen LogP contribution is -2.49. The molecular formula is C15H22Cl2N4O2. The van der Waals surface area contributed by atoms with Gasteiger partial charge in [-0.05, 0) is 25.0 Å². The summed E-state index contributed by atoms with van der Waals surface area (Å²) in [7, 11) is 0. The van der Waals surface area contributed by atoms with E-state index in [2.05, 4.69) is 15.5 Å². The molecule has 2 aromatic heterocycles. The van der Waals surface area contributed by atoms with Crippen LogP contribution in [0.1, 0.15) is 37.2 Å². The van der Waals surface area contributed by atoms with Crippen molar-refractivity contribution in [3.05, 3.63) is 36.3 Å². The summed E-state index contributed by atoms with van der Waals surface area (Å²) in [5.41, 5.74) is 6.79. The zero-order valence-electron chi connectivity index (χ0n) is 13.1. The highest BCUT2D eigenvalue weighted by Gasteiger charge is 2.22. The molecule has 0 saturated carbocycles. The van der Waals surface area contributed by atoms with Crippen LogP contribution in [0, 0.1) is 0 Å².